The first-order valence-corrected chi connectivity index (χ1v) is 11.0. The Morgan fingerprint density at radius 2 is 0.844 bits per heavy atom. The molecule has 0 heterocycles. The van der Waals surface area contributed by atoms with Gasteiger partial charge in [0.2, 0.25) is 0 Å². The number of benzene rings is 2. The highest BCUT2D eigenvalue weighted by molar-refractivity contribution is 5.98. The smallest absolute Gasteiger partial charge is 0.306 e. The summed E-state index contributed by atoms with van der Waals surface area (Å²) in [5.74, 6) is -1.13. The number of ether oxygens (including phenoxy) is 2. The maximum absolute atomic E-state index is 11.9. The molecule has 2 rings (SSSR count). The second-order valence-electron chi connectivity index (χ2n) is 7.52. The molecule has 6 nitrogen and oxygen atoms in total. The predicted molar refractivity (Wildman–Crippen MR) is 120 cm³/mol. The first-order chi connectivity index (χ1) is 15.6. The molecular formula is C26H30O6. The van der Waals surface area contributed by atoms with Crippen LogP contribution in [0, 0.1) is 0 Å². The van der Waals surface area contributed by atoms with Crippen LogP contribution < -0.4 is 0 Å². The van der Waals surface area contributed by atoms with Crippen molar-refractivity contribution < 1.29 is 28.7 Å². The van der Waals surface area contributed by atoms with Crippen molar-refractivity contribution in [3.05, 3.63) is 71.8 Å². The van der Waals surface area contributed by atoms with Gasteiger partial charge in [-0.25, -0.2) is 0 Å². The molecule has 0 unspecified atom stereocenters. The van der Waals surface area contributed by atoms with E-state index in [1.165, 1.54) is 0 Å². The topological polar surface area (TPSA) is 86.7 Å². The zero-order valence-electron chi connectivity index (χ0n) is 18.3. The number of carbonyl (C=O) groups is 4. The summed E-state index contributed by atoms with van der Waals surface area (Å²) in [6.45, 7) is -0.453. The number of ketones is 2. The second-order valence-corrected chi connectivity index (χ2v) is 7.52. The molecule has 0 amide bonds. The molecular weight excluding hydrogens is 408 g/mol. The van der Waals surface area contributed by atoms with Crippen molar-refractivity contribution in [2.75, 3.05) is 13.2 Å². The van der Waals surface area contributed by atoms with E-state index in [4.69, 9.17) is 9.47 Å². The number of hydrogen-bond acceptors (Lipinski definition) is 6. The van der Waals surface area contributed by atoms with Gasteiger partial charge in [0, 0.05) is 24.0 Å². The number of hydrogen-bond donors (Lipinski definition) is 0. The maximum Gasteiger partial charge on any atom is 0.306 e. The van der Waals surface area contributed by atoms with Gasteiger partial charge in [-0.1, -0.05) is 86.3 Å². The highest BCUT2D eigenvalue weighted by atomic mass is 16.5. The molecule has 0 atom stereocenters. The molecule has 6 heteroatoms. The van der Waals surface area contributed by atoms with Crippen molar-refractivity contribution in [2.45, 2.75) is 51.4 Å². The van der Waals surface area contributed by atoms with Crippen molar-refractivity contribution in [2.24, 2.45) is 0 Å². The summed E-state index contributed by atoms with van der Waals surface area (Å²) < 4.78 is 10.1. The number of esters is 2. The summed E-state index contributed by atoms with van der Waals surface area (Å²) >= 11 is 0. The fraction of sp³-hybridized carbons (Fsp3) is 0.385. The van der Waals surface area contributed by atoms with Crippen LogP contribution in [0.25, 0.3) is 0 Å². The van der Waals surface area contributed by atoms with Crippen LogP contribution >= 0.6 is 0 Å². The minimum absolute atomic E-state index is 0.207. The van der Waals surface area contributed by atoms with Gasteiger partial charge in [0.15, 0.2) is 24.8 Å². The van der Waals surface area contributed by atoms with Crippen LogP contribution in [0.1, 0.15) is 72.1 Å². The SMILES string of the molecule is O=C(CCCCCCCCC(=O)OCC(=O)c1ccccc1)OCC(=O)c1ccccc1. The van der Waals surface area contributed by atoms with E-state index in [9.17, 15) is 19.2 Å². The van der Waals surface area contributed by atoms with Crippen LogP contribution in [0.2, 0.25) is 0 Å². The monoisotopic (exact) mass is 438 g/mol. The van der Waals surface area contributed by atoms with Crippen LogP contribution in [0.4, 0.5) is 0 Å². The minimum atomic E-state index is -0.359. The lowest BCUT2D eigenvalue weighted by atomic mass is 10.1. The zero-order valence-corrected chi connectivity index (χ0v) is 18.3. The molecule has 0 aliphatic heterocycles. The van der Waals surface area contributed by atoms with E-state index < -0.39 is 0 Å². The first-order valence-electron chi connectivity index (χ1n) is 11.0. The molecule has 2 aromatic carbocycles. The van der Waals surface area contributed by atoms with Gasteiger partial charge in [0.25, 0.3) is 0 Å². The van der Waals surface area contributed by atoms with E-state index in [1.807, 2.05) is 12.1 Å². The Balaban J connectivity index is 1.42. The Labute approximate surface area is 188 Å². The summed E-state index contributed by atoms with van der Waals surface area (Å²) in [7, 11) is 0. The highest BCUT2D eigenvalue weighted by Gasteiger charge is 2.10. The number of rotatable bonds is 15. The quantitative estimate of drug-likeness (QED) is 0.222. The summed E-state index contributed by atoms with van der Waals surface area (Å²) in [6.07, 6.45) is 5.70. The third-order valence-electron chi connectivity index (χ3n) is 4.93. The predicted octanol–water partition coefficient (Wildman–Crippen LogP) is 4.96. The van der Waals surface area contributed by atoms with Crippen molar-refractivity contribution in [1.29, 1.82) is 0 Å². The fourth-order valence-corrected chi connectivity index (χ4v) is 3.10. The van der Waals surface area contributed by atoms with Gasteiger partial charge in [-0.3, -0.25) is 19.2 Å². The van der Waals surface area contributed by atoms with Gasteiger partial charge in [-0.15, -0.1) is 0 Å². The summed E-state index contributed by atoms with van der Waals surface area (Å²) in [6, 6.07) is 17.5. The minimum Gasteiger partial charge on any atom is -0.457 e. The molecule has 0 fully saturated rings. The van der Waals surface area contributed by atoms with Gasteiger partial charge in [-0.05, 0) is 12.8 Å². The lowest BCUT2D eigenvalue weighted by molar-refractivity contribution is -0.143. The van der Waals surface area contributed by atoms with E-state index in [0.29, 0.717) is 36.8 Å². The van der Waals surface area contributed by atoms with Crippen LogP contribution in [0.15, 0.2) is 60.7 Å². The number of carbonyl (C=O) groups excluding carboxylic acids is 4. The lowest BCUT2D eigenvalue weighted by Crippen LogP contribution is -2.14. The standard InChI is InChI=1S/C26H30O6/c27-23(21-13-7-5-8-14-21)19-31-25(29)17-11-3-1-2-4-12-18-26(30)32-20-24(28)22-15-9-6-10-16-22/h5-10,13-16H,1-4,11-12,17-20H2. The molecule has 0 saturated carbocycles. The molecule has 32 heavy (non-hydrogen) atoms. The fourth-order valence-electron chi connectivity index (χ4n) is 3.10. The van der Waals surface area contributed by atoms with Crippen LogP contribution in [0.5, 0.6) is 0 Å². The largest absolute Gasteiger partial charge is 0.457 e. The van der Waals surface area contributed by atoms with E-state index in [2.05, 4.69) is 0 Å². The molecule has 0 aliphatic rings. The third kappa shape index (κ3) is 10.2. The Morgan fingerprint density at radius 3 is 1.22 bits per heavy atom. The lowest BCUT2D eigenvalue weighted by Gasteiger charge is -2.05. The molecule has 0 bridgehead atoms. The summed E-state index contributed by atoms with van der Waals surface area (Å²) in [5, 5.41) is 0. The molecule has 170 valence electrons. The van der Waals surface area contributed by atoms with E-state index in [1.54, 1.807) is 48.5 Å². The molecule has 0 N–H and O–H groups in total. The molecule has 2 aromatic rings. The Kier molecular flexibility index (Phi) is 11.5. The van der Waals surface area contributed by atoms with Gasteiger partial charge >= 0.3 is 11.9 Å². The van der Waals surface area contributed by atoms with E-state index in [-0.39, 0.29) is 36.7 Å². The van der Waals surface area contributed by atoms with Crippen LogP contribution in [-0.4, -0.2) is 36.7 Å². The summed E-state index contributed by atoms with van der Waals surface area (Å²) in [4.78, 5) is 47.3. The summed E-state index contributed by atoms with van der Waals surface area (Å²) in [5.41, 5.74) is 1.07. The Morgan fingerprint density at radius 1 is 0.500 bits per heavy atom. The second kappa shape index (κ2) is 14.7. The molecule has 0 aliphatic carbocycles. The van der Waals surface area contributed by atoms with E-state index in [0.717, 1.165) is 25.7 Å². The van der Waals surface area contributed by atoms with Gasteiger partial charge in [-0.2, -0.15) is 0 Å². The van der Waals surface area contributed by atoms with Crippen molar-refractivity contribution >= 4 is 23.5 Å². The average Bonchev–Trinajstić information content (AvgIpc) is 2.83. The van der Waals surface area contributed by atoms with Gasteiger partial charge in [0.05, 0.1) is 0 Å². The first kappa shape index (κ1) is 25.0. The van der Waals surface area contributed by atoms with Crippen molar-refractivity contribution in [1.82, 2.24) is 0 Å². The average molecular weight is 439 g/mol. The maximum atomic E-state index is 11.9. The van der Waals surface area contributed by atoms with Crippen LogP contribution in [-0.2, 0) is 19.1 Å². The zero-order chi connectivity index (χ0) is 23.0. The third-order valence-corrected chi connectivity index (χ3v) is 4.93. The molecule has 0 spiro atoms. The van der Waals surface area contributed by atoms with E-state index >= 15 is 0 Å². The number of Topliss-reactive ketones (excluding diaryl/α,β-unsaturated/α-hetero) is 2. The Hall–Kier alpha value is -3.28. The highest BCUT2D eigenvalue weighted by Crippen LogP contribution is 2.10. The van der Waals surface area contributed by atoms with Crippen molar-refractivity contribution in [3.63, 3.8) is 0 Å². The van der Waals surface area contributed by atoms with Crippen LogP contribution in [0.3, 0.4) is 0 Å². The number of unbranched alkanes of at least 4 members (excludes halogenated alkanes) is 5. The van der Waals surface area contributed by atoms with Crippen molar-refractivity contribution in [3.8, 4) is 0 Å². The normalized spacial score (nSPS) is 10.4. The van der Waals surface area contributed by atoms with Gasteiger partial charge in [0.1, 0.15) is 0 Å². The molecule has 0 aromatic heterocycles. The van der Waals surface area contributed by atoms with Gasteiger partial charge < -0.3 is 9.47 Å². The Bertz CT molecular complexity index is 787. The molecule has 0 saturated heterocycles. The molecule has 0 radical (unpaired) electrons.